The Bertz CT molecular complexity index is 1430. The maximum absolute atomic E-state index is 13.5. The molecule has 5 rings (SSSR count). The van der Waals surface area contributed by atoms with Crippen molar-refractivity contribution in [3.8, 4) is 22.5 Å². The SMILES string of the molecule is CCCCc1cc(NC(=O)c2ccccc2-c2ccccc2)n2nc(-c3ccccc3)nc2n1. The number of hydrogen-bond acceptors (Lipinski definition) is 4. The molecule has 2 aromatic heterocycles. The summed E-state index contributed by atoms with van der Waals surface area (Å²) in [6, 6.07) is 29.2. The molecule has 0 bridgehead atoms. The van der Waals surface area contributed by atoms with Crippen LogP contribution in [-0.2, 0) is 6.42 Å². The van der Waals surface area contributed by atoms with Crippen LogP contribution in [0.25, 0.3) is 28.3 Å². The number of nitrogens with one attached hydrogen (secondary N) is 1. The lowest BCUT2D eigenvalue weighted by atomic mass is 9.99. The van der Waals surface area contributed by atoms with Crippen LogP contribution in [0, 0.1) is 0 Å². The largest absolute Gasteiger partial charge is 0.306 e. The van der Waals surface area contributed by atoms with E-state index in [1.54, 1.807) is 4.52 Å². The van der Waals surface area contributed by atoms with E-state index < -0.39 is 0 Å². The molecule has 1 N–H and O–H groups in total. The molecule has 0 aliphatic heterocycles. The van der Waals surface area contributed by atoms with Gasteiger partial charge in [-0.2, -0.15) is 9.50 Å². The molecule has 168 valence electrons. The summed E-state index contributed by atoms with van der Waals surface area (Å²) in [7, 11) is 0. The number of hydrogen-bond donors (Lipinski definition) is 1. The first-order valence-corrected chi connectivity index (χ1v) is 11.5. The zero-order valence-corrected chi connectivity index (χ0v) is 19.0. The van der Waals surface area contributed by atoms with E-state index in [2.05, 4.69) is 22.3 Å². The second-order valence-corrected chi connectivity index (χ2v) is 8.12. The van der Waals surface area contributed by atoms with Gasteiger partial charge in [0.25, 0.3) is 11.7 Å². The van der Waals surface area contributed by atoms with Gasteiger partial charge in [0.15, 0.2) is 5.82 Å². The quantitative estimate of drug-likeness (QED) is 0.329. The number of amides is 1. The van der Waals surface area contributed by atoms with Gasteiger partial charge in [-0.3, -0.25) is 4.79 Å². The molecule has 5 aromatic rings. The van der Waals surface area contributed by atoms with Crippen LogP contribution in [0.3, 0.4) is 0 Å². The molecule has 0 aliphatic carbocycles. The number of fused-ring (bicyclic) bond motifs is 1. The van der Waals surface area contributed by atoms with E-state index >= 15 is 0 Å². The van der Waals surface area contributed by atoms with Crippen molar-refractivity contribution < 1.29 is 4.79 Å². The molecule has 0 saturated carbocycles. The number of aromatic nitrogens is 4. The summed E-state index contributed by atoms with van der Waals surface area (Å²) in [5.74, 6) is 1.39. The van der Waals surface area contributed by atoms with Gasteiger partial charge in [-0.05, 0) is 30.0 Å². The van der Waals surface area contributed by atoms with E-state index in [9.17, 15) is 4.79 Å². The lowest BCUT2D eigenvalue weighted by Gasteiger charge is -2.12. The molecule has 34 heavy (non-hydrogen) atoms. The van der Waals surface area contributed by atoms with Gasteiger partial charge in [-0.15, -0.1) is 5.10 Å². The minimum atomic E-state index is -0.204. The number of unbranched alkanes of at least 4 members (excludes halogenated alkanes) is 1. The summed E-state index contributed by atoms with van der Waals surface area (Å²) in [4.78, 5) is 22.8. The lowest BCUT2D eigenvalue weighted by Crippen LogP contribution is -2.16. The number of nitrogens with zero attached hydrogens (tertiary/aromatic N) is 4. The number of anilines is 1. The van der Waals surface area contributed by atoms with Crippen LogP contribution < -0.4 is 5.32 Å². The van der Waals surface area contributed by atoms with E-state index in [4.69, 9.17) is 4.98 Å². The zero-order valence-electron chi connectivity index (χ0n) is 19.0. The number of aryl methyl sites for hydroxylation is 1. The third kappa shape index (κ3) is 4.43. The molecule has 2 heterocycles. The first-order chi connectivity index (χ1) is 16.7. The maximum Gasteiger partial charge on any atom is 0.257 e. The highest BCUT2D eigenvalue weighted by Crippen LogP contribution is 2.25. The second-order valence-electron chi connectivity index (χ2n) is 8.12. The van der Waals surface area contributed by atoms with Crippen LogP contribution in [0.4, 0.5) is 5.82 Å². The van der Waals surface area contributed by atoms with Crippen molar-refractivity contribution in [2.24, 2.45) is 0 Å². The second kappa shape index (κ2) is 9.67. The van der Waals surface area contributed by atoms with Gasteiger partial charge < -0.3 is 5.32 Å². The highest BCUT2D eigenvalue weighted by atomic mass is 16.1. The van der Waals surface area contributed by atoms with Crippen LogP contribution in [0.15, 0.2) is 91.0 Å². The Morgan fingerprint density at radius 3 is 2.26 bits per heavy atom. The fourth-order valence-electron chi connectivity index (χ4n) is 3.94. The molecule has 6 nitrogen and oxygen atoms in total. The molecule has 6 heteroatoms. The van der Waals surface area contributed by atoms with E-state index in [-0.39, 0.29) is 5.91 Å². The Labute approximate surface area is 198 Å². The minimum Gasteiger partial charge on any atom is -0.306 e. The predicted octanol–water partition coefficient (Wildman–Crippen LogP) is 6.05. The van der Waals surface area contributed by atoms with Gasteiger partial charge in [0.2, 0.25) is 0 Å². The molecule has 0 fully saturated rings. The highest BCUT2D eigenvalue weighted by Gasteiger charge is 2.17. The summed E-state index contributed by atoms with van der Waals surface area (Å²) in [5.41, 5.74) is 4.24. The molecular weight excluding hydrogens is 422 g/mol. The van der Waals surface area contributed by atoms with Crippen molar-refractivity contribution in [3.63, 3.8) is 0 Å². The van der Waals surface area contributed by atoms with E-state index in [1.165, 1.54) is 0 Å². The van der Waals surface area contributed by atoms with Crippen LogP contribution in [0.5, 0.6) is 0 Å². The smallest absolute Gasteiger partial charge is 0.257 e. The topological polar surface area (TPSA) is 72.2 Å². The van der Waals surface area contributed by atoms with Gasteiger partial charge >= 0.3 is 0 Å². The third-order valence-corrected chi connectivity index (χ3v) is 5.68. The molecular formula is C28H25N5O. The monoisotopic (exact) mass is 447 g/mol. The Kier molecular flexibility index (Phi) is 6.12. The summed E-state index contributed by atoms with van der Waals surface area (Å²) in [6.07, 6.45) is 2.87. The standard InChI is InChI=1S/C28H25N5O/c1-2-3-16-22-19-25(33-28(29-22)31-26(32-33)21-14-8-5-9-15-21)30-27(34)24-18-11-10-17-23(24)20-12-6-4-7-13-20/h4-15,17-19H,2-3,16H2,1H3,(H,30,34). The normalized spacial score (nSPS) is 11.0. The van der Waals surface area contributed by atoms with Crippen molar-refractivity contribution in [2.45, 2.75) is 26.2 Å². The van der Waals surface area contributed by atoms with Crippen LogP contribution in [0.2, 0.25) is 0 Å². The van der Waals surface area contributed by atoms with E-state index in [1.807, 2.05) is 91.0 Å². The molecule has 0 unspecified atom stereocenters. The minimum absolute atomic E-state index is 0.204. The van der Waals surface area contributed by atoms with Gasteiger partial charge in [-0.25, -0.2) is 4.98 Å². The first kappa shape index (κ1) is 21.5. The summed E-state index contributed by atoms with van der Waals surface area (Å²) in [5, 5.41) is 7.73. The van der Waals surface area contributed by atoms with Gasteiger partial charge in [0.05, 0.1) is 0 Å². The van der Waals surface area contributed by atoms with Crippen molar-refractivity contribution >= 4 is 17.5 Å². The van der Waals surface area contributed by atoms with E-state index in [0.717, 1.165) is 41.6 Å². The number of carbonyl (C=O) groups excluding carboxylic acids is 1. The average molecular weight is 448 g/mol. The van der Waals surface area contributed by atoms with Crippen LogP contribution in [-0.4, -0.2) is 25.5 Å². The molecule has 0 saturated heterocycles. The average Bonchev–Trinajstić information content (AvgIpc) is 3.33. The Balaban J connectivity index is 1.55. The summed E-state index contributed by atoms with van der Waals surface area (Å²) in [6.45, 7) is 2.15. The van der Waals surface area contributed by atoms with Crippen molar-refractivity contribution in [1.82, 2.24) is 19.6 Å². The number of rotatable bonds is 7. The van der Waals surface area contributed by atoms with E-state index in [0.29, 0.717) is 23.0 Å². The summed E-state index contributed by atoms with van der Waals surface area (Å²) < 4.78 is 1.61. The zero-order chi connectivity index (χ0) is 23.3. The van der Waals surface area contributed by atoms with Crippen molar-refractivity contribution in [2.75, 3.05) is 5.32 Å². The van der Waals surface area contributed by atoms with Gasteiger partial charge in [0.1, 0.15) is 5.82 Å². The molecule has 0 atom stereocenters. The van der Waals surface area contributed by atoms with Crippen molar-refractivity contribution in [3.05, 3.63) is 102 Å². The van der Waals surface area contributed by atoms with Gasteiger partial charge in [0, 0.05) is 22.9 Å². The fourth-order valence-corrected chi connectivity index (χ4v) is 3.94. The van der Waals surface area contributed by atoms with Crippen molar-refractivity contribution in [1.29, 1.82) is 0 Å². The molecule has 3 aromatic carbocycles. The molecule has 0 aliphatic rings. The number of carbonyl (C=O) groups is 1. The lowest BCUT2D eigenvalue weighted by molar-refractivity contribution is 0.102. The molecule has 0 spiro atoms. The number of benzene rings is 3. The Hall–Kier alpha value is -4.32. The van der Waals surface area contributed by atoms with Gasteiger partial charge in [-0.1, -0.05) is 92.2 Å². The summed E-state index contributed by atoms with van der Waals surface area (Å²) >= 11 is 0. The predicted molar refractivity (Wildman–Crippen MR) is 135 cm³/mol. The van der Waals surface area contributed by atoms with Crippen LogP contribution in [0.1, 0.15) is 35.8 Å². The Morgan fingerprint density at radius 1 is 0.853 bits per heavy atom. The molecule has 0 radical (unpaired) electrons. The first-order valence-electron chi connectivity index (χ1n) is 11.5. The Morgan fingerprint density at radius 2 is 1.53 bits per heavy atom. The molecule has 1 amide bonds. The van der Waals surface area contributed by atoms with Crippen LogP contribution >= 0.6 is 0 Å². The maximum atomic E-state index is 13.5. The fraction of sp³-hybridized carbons (Fsp3) is 0.143. The third-order valence-electron chi connectivity index (χ3n) is 5.68. The highest BCUT2D eigenvalue weighted by molar-refractivity contribution is 6.08.